The summed E-state index contributed by atoms with van der Waals surface area (Å²) in [5, 5.41) is 9.00. The predicted molar refractivity (Wildman–Crippen MR) is 99.6 cm³/mol. The van der Waals surface area contributed by atoms with E-state index in [0.29, 0.717) is 24.6 Å². The number of benzene rings is 1. The number of hydrogen-bond acceptors (Lipinski definition) is 5. The van der Waals surface area contributed by atoms with E-state index in [4.69, 9.17) is 4.52 Å². The van der Waals surface area contributed by atoms with Crippen LogP contribution in [0.2, 0.25) is 0 Å². The third kappa shape index (κ3) is 4.76. The van der Waals surface area contributed by atoms with Gasteiger partial charge < -0.3 is 9.84 Å². The van der Waals surface area contributed by atoms with E-state index in [2.05, 4.69) is 15.5 Å². The molecule has 2 aromatic heterocycles. The Kier molecular flexibility index (Phi) is 4.99. The first-order valence-corrected chi connectivity index (χ1v) is 9.03. The van der Waals surface area contributed by atoms with Crippen molar-refractivity contribution in [1.82, 2.24) is 10.1 Å². The van der Waals surface area contributed by atoms with Crippen LogP contribution >= 0.6 is 11.3 Å². The minimum absolute atomic E-state index is 0.00440. The van der Waals surface area contributed by atoms with Crippen LogP contribution in [0.25, 0.3) is 10.7 Å². The van der Waals surface area contributed by atoms with Crippen molar-refractivity contribution in [3.8, 4) is 10.7 Å². The Balaban J connectivity index is 1.74. The van der Waals surface area contributed by atoms with Crippen LogP contribution in [0.1, 0.15) is 38.6 Å². The topological polar surface area (TPSA) is 68.0 Å². The van der Waals surface area contributed by atoms with Crippen molar-refractivity contribution in [2.45, 2.75) is 33.6 Å². The first-order chi connectivity index (χ1) is 11.9. The molecule has 1 N–H and O–H groups in total. The van der Waals surface area contributed by atoms with Gasteiger partial charge in [0.15, 0.2) is 0 Å². The third-order valence-corrected chi connectivity index (χ3v) is 4.40. The fourth-order valence-electron chi connectivity index (χ4n) is 2.47. The maximum atomic E-state index is 12.2. The zero-order chi connectivity index (χ0) is 17.9. The third-order valence-electron chi connectivity index (χ3n) is 3.53. The van der Waals surface area contributed by atoms with Gasteiger partial charge in [-0.1, -0.05) is 50.2 Å². The van der Waals surface area contributed by atoms with Crippen LogP contribution < -0.4 is 5.32 Å². The molecule has 0 saturated heterocycles. The number of rotatable bonds is 5. The monoisotopic (exact) mass is 355 g/mol. The van der Waals surface area contributed by atoms with Gasteiger partial charge in [-0.3, -0.25) is 4.79 Å². The lowest BCUT2D eigenvalue weighted by Gasteiger charge is -2.18. The minimum atomic E-state index is -0.0544. The average Bonchev–Trinajstić information content (AvgIpc) is 3.18. The quantitative estimate of drug-likeness (QED) is 0.716. The van der Waals surface area contributed by atoms with E-state index in [9.17, 15) is 4.79 Å². The van der Waals surface area contributed by atoms with Crippen molar-refractivity contribution >= 4 is 22.9 Å². The number of nitrogens with zero attached hydrogens (tertiary/aromatic N) is 2. The number of carbonyl (C=O) groups is 1. The second-order valence-electron chi connectivity index (χ2n) is 7.11. The van der Waals surface area contributed by atoms with Gasteiger partial charge in [0.1, 0.15) is 0 Å². The molecule has 130 valence electrons. The summed E-state index contributed by atoms with van der Waals surface area (Å²) in [5.74, 6) is 1.13. The second kappa shape index (κ2) is 7.19. The highest BCUT2D eigenvalue weighted by Crippen LogP contribution is 2.25. The summed E-state index contributed by atoms with van der Waals surface area (Å²) in [6.45, 7) is 6.13. The lowest BCUT2D eigenvalue weighted by Crippen LogP contribution is -2.20. The molecule has 2 heterocycles. The fourth-order valence-corrected chi connectivity index (χ4v) is 3.12. The van der Waals surface area contributed by atoms with Crippen LogP contribution in [0.5, 0.6) is 0 Å². The molecule has 3 rings (SSSR count). The molecule has 0 radical (unpaired) electrons. The van der Waals surface area contributed by atoms with Gasteiger partial charge in [0, 0.05) is 12.1 Å². The van der Waals surface area contributed by atoms with Gasteiger partial charge in [-0.25, -0.2) is 0 Å². The zero-order valence-corrected chi connectivity index (χ0v) is 15.4. The summed E-state index contributed by atoms with van der Waals surface area (Å²) in [5.41, 5.74) is 1.68. The highest BCUT2D eigenvalue weighted by molar-refractivity contribution is 7.13. The summed E-state index contributed by atoms with van der Waals surface area (Å²) in [6, 6.07) is 11.6. The molecule has 0 atom stereocenters. The van der Waals surface area contributed by atoms with E-state index < -0.39 is 0 Å². The van der Waals surface area contributed by atoms with E-state index >= 15 is 0 Å². The van der Waals surface area contributed by atoms with Gasteiger partial charge in [-0.15, -0.1) is 11.3 Å². The summed E-state index contributed by atoms with van der Waals surface area (Å²) >= 11 is 1.57. The van der Waals surface area contributed by atoms with Crippen molar-refractivity contribution in [3.05, 3.63) is 53.2 Å². The predicted octanol–water partition coefficient (Wildman–Crippen LogP) is 4.76. The summed E-state index contributed by atoms with van der Waals surface area (Å²) in [4.78, 5) is 17.7. The molecule has 5 nitrogen and oxygen atoms in total. The van der Waals surface area contributed by atoms with Crippen LogP contribution in [0, 0.1) is 5.41 Å². The number of para-hydroxylation sites is 1. The van der Waals surface area contributed by atoms with Gasteiger partial charge in [0.2, 0.25) is 17.6 Å². The van der Waals surface area contributed by atoms with Gasteiger partial charge in [0.05, 0.1) is 11.3 Å². The summed E-state index contributed by atoms with van der Waals surface area (Å²) in [7, 11) is 0. The number of amides is 1. The summed E-state index contributed by atoms with van der Waals surface area (Å²) in [6.07, 6.45) is 0.939. The minimum Gasteiger partial charge on any atom is -0.339 e. The van der Waals surface area contributed by atoms with Gasteiger partial charge in [0.25, 0.3) is 0 Å². The molecule has 0 aliphatic heterocycles. The highest BCUT2D eigenvalue weighted by atomic mass is 32.1. The van der Waals surface area contributed by atoms with E-state index in [-0.39, 0.29) is 11.3 Å². The normalized spacial score (nSPS) is 11.5. The van der Waals surface area contributed by atoms with Crippen molar-refractivity contribution in [2.24, 2.45) is 5.41 Å². The SMILES string of the molecule is CC(C)(C)CC(=O)Nc1ccccc1Cc1nc(-c2cccs2)no1. The molecule has 0 aliphatic carbocycles. The maximum absolute atomic E-state index is 12.2. The zero-order valence-electron chi connectivity index (χ0n) is 14.6. The van der Waals surface area contributed by atoms with E-state index in [1.807, 2.05) is 62.5 Å². The Bertz CT molecular complexity index is 848. The lowest BCUT2D eigenvalue weighted by molar-refractivity contribution is -0.117. The maximum Gasteiger partial charge on any atom is 0.231 e. The molecule has 3 aromatic rings. The molecular weight excluding hydrogens is 334 g/mol. The number of thiophene rings is 1. The molecule has 0 unspecified atom stereocenters. The Morgan fingerprint density at radius 2 is 2.00 bits per heavy atom. The Labute approximate surface area is 151 Å². The van der Waals surface area contributed by atoms with E-state index in [1.165, 1.54) is 0 Å². The molecule has 0 saturated carbocycles. The van der Waals surface area contributed by atoms with Crippen LogP contribution in [-0.2, 0) is 11.2 Å². The van der Waals surface area contributed by atoms with E-state index in [0.717, 1.165) is 16.1 Å². The average molecular weight is 355 g/mol. The van der Waals surface area contributed by atoms with Crippen molar-refractivity contribution in [2.75, 3.05) is 5.32 Å². The molecule has 0 spiro atoms. The van der Waals surface area contributed by atoms with Crippen LogP contribution in [-0.4, -0.2) is 16.0 Å². The Hall–Kier alpha value is -2.47. The molecule has 0 aliphatic rings. The van der Waals surface area contributed by atoms with Gasteiger partial charge >= 0.3 is 0 Å². The smallest absolute Gasteiger partial charge is 0.231 e. The number of hydrogen-bond donors (Lipinski definition) is 1. The standard InChI is InChI=1S/C19H21N3O2S/c1-19(2,3)12-16(23)20-14-8-5-4-7-13(14)11-17-21-18(22-24-17)15-9-6-10-25-15/h4-10H,11-12H2,1-3H3,(H,20,23). The number of anilines is 1. The lowest BCUT2D eigenvalue weighted by atomic mass is 9.92. The van der Waals surface area contributed by atoms with Gasteiger partial charge in [-0.2, -0.15) is 4.98 Å². The first-order valence-electron chi connectivity index (χ1n) is 8.15. The van der Waals surface area contributed by atoms with Crippen molar-refractivity contribution in [1.29, 1.82) is 0 Å². The molecule has 25 heavy (non-hydrogen) atoms. The van der Waals surface area contributed by atoms with Gasteiger partial charge in [-0.05, 0) is 28.5 Å². The number of aromatic nitrogens is 2. The van der Waals surface area contributed by atoms with Crippen LogP contribution in [0.15, 0.2) is 46.3 Å². The molecule has 0 fully saturated rings. The van der Waals surface area contributed by atoms with Crippen LogP contribution in [0.4, 0.5) is 5.69 Å². The molecule has 0 bridgehead atoms. The fraction of sp³-hybridized carbons (Fsp3) is 0.316. The second-order valence-corrected chi connectivity index (χ2v) is 8.06. The Morgan fingerprint density at radius 3 is 2.72 bits per heavy atom. The van der Waals surface area contributed by atoms with E-state index in [1.54, 1.807) is 11.3 Å². The number of carbonyl (C=O) groups excluding carboxylic acids is 1. The largest absolute Gasteiger partial charge is 0.339 e. The first kappa shape index (κ1) is 17.4. The molecule has 1 amide bonds. The number of nitrogens with one attached hydrogen (secondary N) is 1. The van der Waals surface area contributed by atoms with Crippen molar-refractivity contribution in [3.63, 3.8) is 0 Å². The molecule has 1 aromatic carbocycles. The van der Waals surface area contributed by atoms with Crippen LogP contribution in [0.3, 0.4) is 0 Å². The molecule has 6 heteroatoms. The van der Waals surface area contributed by atoms with Crippen molar-refractivity contribution < 1.29 is 9.32 Å². The molecular formula is C19H21N3O2S. The Morgan fingerprint density at radius 1 is 1.20 bits per heavy atom. The summed E-state index contributed by atoms with van der Waals surface area (Å²) < 4.78 is 5.37. The highest BCUT2D eigenvalue weighted by Gasteiger charge is 2.17.